The van der Waals surface area contributed by atoms with Gasteiger partial charge < -0.3 is 10.1 Å². The van der Waals surface area contributed by atoms with Gasteiger partial charge >= 0.3 is 0 Å². The van der Waals surface area contributed by atoms with Crippen molar-refractivity contribution >= 4 is 11.3 Å². The normalized spacial score (nSPS) is 12.3. The zero-order valence-corrected chi connectivity index (χ0v) is 11.7. The second-order valence-corrected chi connectivity index (χ2v) is 5.22. The lowest BCUT2D eigenvalue weighted by Crippen LogP contribution is -2.15. The Balaban J connectivity index is 1.93. The summed E-state index contributed by atoms with van der Waals surface area (Å²) in [5, 5.41) is 5.51. The van der Waals surface area contributed by atoms with Gasteiger partial charge in [-0.2, -0.15) is 0 Å². The number of hydrogen-bond acceptors (Lipinski definition) is 3. The van der Waals surface area contributed by atoms with Gasteiger partial charge in [0.1, 0.15) is 5.75 Å². The molecule has 0 aliphatic heterocycles. The molecule has 1 unspecified atom stereocenters. The van der Waals surface area contributed by atoms with Crippen LogP contribution in [-0.2, 0) is 6.42 Å². The highest BCUT2D eigenvalue weighted by Gasteiger charge is 2.09. The molecule has 96 valence electrons. The summed E-state index contributed by atoms with van der Waals surface area (Å²) in [5.41, 5.74) is 1.35. The van der Waals surface area contributed by atoms with Crippen molar-refractivity contribution in [2.45, 2.75) is 18.9 Å². The van der Waals surface area contributed by atoms with Crippen molar-refractivity contribution in [3.8, 4) is 5.75 Å². The van der Waals surface area contributed by atoms with Gasteiger partial charge in [-0.25, -0.2) is 0 Å². The fourth-order valence-electron chi connectivity index (χ4n) is 2.02. The molecule has 0 fully saturated rings. The molecular formula is C15H19NOS. The minimum absolute atomic E-state index is 0.451. The average Bonchev–Trinajstić information content (AvgIpc) is 2.94. The Bertz CT molecular complexity index is 450. The minimum atomic E-state index is 0.451. The molecule has 0 aliphatic carbocycles. The lowest BCUT2D eigenvalue weighted by Gasteiger charge is -2.14. The lowest BCUT2D eigenvalue weighted by atomic mass is 10.0. The number of benzene rings is 1. The van der Waals surface area contributed by atoms with Gasteiger partial charge in [-0.15, -0.1) is 11.3 Å². The van der Waals surface area contributed by atoms with Crippen molar-refractivity contribution < 1.29 is 4.74 Å². The van der Waals surface area contributed by atoms with Crippen LogP contribution in [0.5, 0.6) is 5.75 Å². The zero-order chi connectivity index (χ0) is 12.8. The minimum Gasteiger partial charge on any atom is -0.497 e. The van der Waals surface area contributed by atoms with Crippen LogP contribution in [0.4, 0.5) is 0 Å². The zero-order valence-electron chi connectivity index (χ0n) is 10.8. The third-order valence-corrected chi connectivity index (χ3v) is 4.10. The van der Waals surface area contributed by atoms with Crippen LogP contribution in [0.3, 0.4) is 0 Å². The molecule has 1 atom stereocenters. The van der Waals surface area contributed by atoms with Crippen LogP contribution in [0, 0.1) is 0 Å². The molecule has 0 spiro atoms. The van der Waals surface area contributed by atoms with E-state index >= 15 is 0 Å². The number of nitrogens with one attached hydrogen (secondary N) is 1. The Kier molecular flexibility index (Phi) is 4.79. The van der Waals surface area contributed by atoms with Gasteiger partial charge in [-0.1, -0.05) is 18.2 Å². The Labute approximate surface area is 113 Å². The fourth-order valence-corrected chi connectivity index (χ4v) is 2.89. The second-order valence-electron chi connectivity index (χ2n) is 4.24. The van der Waals surface area contributed by atoms with Crippen molar-refractivity contribution in [2.75, 3.05) is 14.2 Å². The van der Waals surface area contributed by atoms with Gasteiger partial charge in [0, 0.05) is 10.9 Å². The highest BCUT2D eigenvalue weighted by Crippen LogP contribution is 2.23. The van der Waals surface area contributed by atoms with E-state index in [2.05, 4.69) is 35.0 Å². The number of hydrogen-bond donors (Lipinski definition) is 1. The number of rotatable bonds is 6. The fraction of sp³-hybridized carbons (Fsp3) is 0.333. The van der Waals surface area contributed by atoms with Crippen molar-refractivity contribution in [1.82, 2.24) is 5.32 Å². The number of aryl methyl sites for hydroxylation is 1. The summed E-state index contributed by atoms with van der Waals surface area (Å²) in [7, 11) is 3.72. The largest absolute Gasteiger partial charge is 0.497 e. The standard InChI is InChI=1S/C15H19NOS/c1-16-14(15-4-3-11-18-15)10-7-12-5-8-13(17-2)9-6-12/h3-6,8-9,11,14,16H,7,10H2,1-2H3. The van der Waals surface area contributed by atoms with Gasteiger partial charge in [-0.05, 0) is 49.0 Å². The van der Waals surface area contributed by atoms with E-state index in [4.69, 9.17) is 4.74 Å². The molecule has 2 rings (SSSR count). The van der Waals surface area contributed by atoms with Crippen LogP contribution in [-0.4, -0.2) is 14.2 Å². The molecule has 0 bridgehead atoms. The first-order valence-corrected chi connectivity index (χ1v) is 7.05. The summed E-state index contributed by atoms with van der Waals surface area (Å²) in [6.07, 6.45) is 2.19. The Morgan fingerprint density at radius 2 is 2.00 bits per heavy atom. The third kappa shape index (κ3) is 3.34. The third-order valence-electron chi connectivity index (χ3n) is 3.12. The maximum absolute atomic E-state index is 5.16. The van der Waals surface area contributed by atoms with Crippen LogP contribution in [0.2, 0.25) is 0 Å². The Morgan fingerprint density at radius 3 is 2.56 bits per heavy atom. The van der Waals surface area contributed by atoms with E-state index in [0.717, 1.165) is 18.6 Å². The van der Waals surface area contributed by atoms with Crippen LogP contribution >= 0.6 is 11.3 Å². The molecule has 1 aromatic carbocycles. The van der Waals surface area contributed by atoms with Crippen LogP contribution in [0.1, 0.15) is 22.9 Å². The first-order chi connectivity index (χ1) is 8.83. The van der Waals surface area contributed by atoms with Crippen molar-refractivity contribution in [3.05, 3.63) is 52.2 Å². The molecule has 1 aromatic heterocycles. The Morgan fingerprint density at radius 1 is 1.22 bits per heavy atom. The summed E-state index contributed by atoms with van der Waals surface area (Å²) in [4.78, 5) is 1.41. The van der Waals surface area contributed by atoms with Crippen molar-refractivity contribution in [3.63, 3.8) is 0 Å². The Hall–Kier alpha value is -1.32. The first-order valence-electron chi connectivity index (χ1n) is 6.17. The van der Waals surface area contributed by atoms with Crippen molar-refractivity contribution in [2.24, 2.45) is 0 Å². The highest BCUT2D eigenvalue weighted by molar-refractivity contribution is 7.10. The van der Waals surface area contributed by atoms with E-state index in [1.54, 1.807) is 7.11 Å². The van der Waals surface area contributed by atoms with E-state index in [1.807, 2.05) is 30.5 Å². The van der Waals surface area contributed by atoms with E-state index in [0.29, 0.717) is 6.04 Å². The van der Waals surface area contributed by atoms with E-state index in [-0.39, 0.29) is 0 Å². The lowest BCUT2D eigenvalue weighted by molar-refractivity contribution is 0.414. The maximum atomic E-state index is 5.16. The smallest absolute Gasteiger partial charge is 0.118 e. The van der Waals surface area contributed by atoms with Gasteiger partial charge in [0.05, 0.1) is 7.11 Å². The SMILES string of the molecule is CNC(CCc1ccc(OC)cc1)c1cccs1. The monoisotopic (exact) mass is 261 g/mol. The topological polar surface area (TPSA) is 21.3 Å². The molecule has 0 radical (unpaired) electrons. The molecule has 18 heavy (non-hydrogen) atoms. The summed E-state index contributed by atoms with van der Waals surface area (Å²) >= 11 is 1.81. The number of ether oxygens (including phenoxy) is 1. The van der Waals surface area contributed by atoms with Gasteiger partial charge in [0.2, 0.25) is 0 Å². The summed E-state index contributed by atoms with van der Waals surface area (Å²) in [5.74, 6) is 0.919. The molecule has 0 saturated carbocycles. The van der Waals surface area contributed by atoms with Crippen LogP contribution in [0.25, 0.3) is 0 Å². The van der Waals surface area contributed by atoms with Crippen LogP contribution in [0.15, 0.2) is 41.8 Å². The highest BCUT2D eigenvalue weighted by atomic mass is 32.1. The molecule has 3 heteroatoms. The summed E-state index contributed by atoms with van der Waals surface area (Å²) in [6.45, 7) is 0. The average molecular weight is 261 g/mol. The molecule has 1 heterocycles. The van der Waals surface area contributed by atoms with E-state index < -0.39 is 0 Å². The second kappa shape index (κ2) is 6.57. The number of thiophene rings is 1. The molecule has 1 N–H and O–H groups in total. The molecule has 2 nitrogen and oxygen atoms in total. The predicted molar refractivity (Wildman–Crippen MR) is 77.4 cm³/mol. The molecule has 0 saturated heterocycles. The molecular weight excluding hydrogens is 242 g/mol. The predicted octanol–water partition coefficient (Wildman–Crippen LogP) is 3.65. The number of methoxy groups -OCH3 is 1. The quantitative estimate of drug-likeness (QED) is 0.857. The summed E-state index contributed by atoms with van der Waals surface area (Å²) < 4.78 is 5.16. The van der Waals surface area contributed by atoms with Crippen LogP contribution < -0.4 is 10.1 Å². The van der Waals surface area contributed by atoms with Gasteiger partial charge in [0.15, 0.2) is 0 Å². The van der Waals surface area contributed by atoms with E-state index in [9.17, 15) is 0 Å². The van der Waals surface area contributed by atoms with E-state index in [1.165, 1.54) is 10.4 Å². The van der Waals surface area contributed by atoms with Gasteiger partial charge in [0.25, 0.3) is 0 Å². The molecule has 0 aliphatic rings. The maximum Gasteiger partial charge on any atom is 0.118 e. The first kappa shape index (κ1) is 13.1. The van der Waals surface area contributed by atoms with Gasteiger partial charge in [-0.3, -0.25) is 0 Å². The van der Waals surface area contributed by atoms with Crippen molar-refractivity contribution in [1.29, 1.82) is 0 Å². The molecule has 2 aromatic rings. The summed E-state index contributed by atoms with van der Waals surface area (Å²) in [6, 6.07) is 13.1. The molecule has 0 amide bonds.